The van der Waals surface area contributed by atoms with Gasteiger partial charge >= 0.3 is 0 Å². The number of hydrogen-bond donors (Lipinski definition) is 4. The highest BCUT2D eigenvalue weighted by molar-refractivity contribution is 5.61. The van der Waals surface area contributed by atoms with Gasteiger partial charge in [-0.25, -0.2) is 9.97 Å². The Morgan fingerprint density at radius 3 is 2.91 bits per heavy atom. The summed E-state index contributed by atoms with van der Waals surface area (Å²) in [6.45, 7) is 4.96. The number of piperidine rings is 1. The molecule has 9 heteroatoms. The molecular formula is C24H30N8O. The van der Waals surface area contributed by atoms with Crippen LogP contribution in [-0.2, 0) is 6.54 Å². The third-order valence-corrected chi connectivity index (χ3v) is 6.85. The molecule has 1 aliphatic carbocycles. The number of hydrogen-bond acceptors (Lipinski definition) is 7. The first-order chi connectivity index (χ1) is 16.2. The normalized spacial score (nSPS) is 21.0. The van der Waals surface area contributed by atoms with E-state index in [2.05, 4.69) is 44.6 Å². The van der Waals surface area contributed by atoms with E-state index >= 15 is 0 Å². The molecule has 5 heterocycles. The second-order valence-corrected chi connectivity index (χ2v) is 9.32. The van der Waals surface area contributed by atoms with Crippen molar-refractivity contribution in [3.05, 3.63) is 53.6 Å². The number of aliphatic hydroxyl groups is 1. The fraction of sp³-hybridized carbons (Fsp3) is 0.458. The monoisotopic (exact) mass is 446 g/mol. The number of anilines is 2. The van der Waals surface area contributed by atoms with Crippen molar-refractivity contribution < 1.29 is 5.11 Å². The van der Waals surface area contributed by atoms with Gasteiger partial charge in [0.2, 0.25) is 0 Å². The first-order valence-electron chi connectivity index (χ1n) is 11.8. The molecule has 4 aromatic heterocycles. The topological polar surface area (TPSA) is 104 Å². The van der Waals surface area contributed by atoms with Crippen molar-refractivity contribution in [3.63, 3.8) is 0 Å². The first-order valence-corrected chi connectivity index (χ1v) is 11.8. The maximum absolute atomic E-state index is 10.3. The van der Waals surface area contributed by atoms with E-state index in [1.165, 1.54) is 18.4 Å². The molecule has 0 bridgehead atoms. The van der Waals surface area contributed by atoms with E-state index in [0.29, 0.717) is 25.6 Å². The lowest BCUT2D eigenvalue weighted by Crippen LogP contribution is -2.43. The average Bonchev–Trinajstić information content (AvgIpc) is 3.42. The lowest BCUT2D eigenvalue weighted by Gasteiger charge is -2.28. The summed E-state index contributed by atoms with van der Waals surface area (Å²) in [5.74, 6) is 2.47. The molecule has 1 saturated heterocycles. The van der Waals surface area contributed by atoms with Crippen LogP contribution in [0.15, 0.2) is 36.7 Å². The Balaban J connectivity index is 1.27. The molecule has 33 heavy (non-hydrogen) atoms. The van der Waals surface area contributed by atoms with Crippen LogP contribution in [0.2, 0.25) is 0 Å². The number of pyridine rings is 1. The lowest BCUT2D eigenvalue weighted by molar-refractivity contribution is 0.0883. The van der Waals surface area contributed by atoms with Crippen LogP contribution in [0.3, 0.4) is 0 Å². The Bertz CT molecular complexity index is 1290. The van der Waals surface area contributed by atoms with Gasteiger partial charge in [-0.3, -0.25) is 0 Å². The van der Waals surface area contributed by atoms with Gasteiger partial charge in [0.15, 0.2) is 5.65 Å². The molecule has 0 amide bonds. The summed E-state index contributed by atoms with van der Waals surface area (Å²) in [7, 11) is 0. The van der Waals surface area contributed by atoms with Crippen molar-refractivity contribution in [1.29, 1.82) is 0 Å². The largest absolute Gasteiger partial charge is 0.391 e. The molecule has 4 aromatic rings. The number of imidazole rings is 1. The highest BCUT2D eigenvalue weighted by Gasteiger charge is 2.28. The summed E-state index contributed by atoms with van der Waals surface area (Å²) >= 11 is 0. The van der Waals surface area contributed by atoms with E-state index in [1.54, 1.807) is 0 Å². The summed E-state index contributed by atoms with van der Waals surface area (Å²) in [6.07, 6.45) is 7.06. The van der Waals surface area contributed by atoms with Gasteiger partial charge in [-0.05, 0) is 50.8 Å². The van der Waals surface area contributed by atoms with E-state index in [-0.39, 0.29) is 12.0 Å². The third kappa shape index (κ3) is 4.02. The standard InChI is InChI=1S/C24H30N8O/c1-15-3-2-4-22-29-18(14-31(15)22)11-27-23-9-21(26-10-17-7-8-25-13-20(17)33)30-24-19(16-5-6-16)12-28-32(23)24/h2-4,9,12,14,16-17,20,25,27,33H,5-8,10-11,13H2,1H3,(H,26,30)/t17-,20+/m1/s1. The van der Waals surface area contributed by atoms with Crippen molar-refractivity contribution in [1.82, 2.24) is 29.3 Å². The van der Waals surface area contributed by atoms with Gasteiger partial charge in [-0.15, -0.1) is 0 Å². The molecule has 2 fully saturated rings. The summed E-state index contributed by atoms with van der Waals surface area (Å²) in [5.41, 5.74) is 5.19. The first kappa shape index (κ1) is 20.4. The smallest absolute Gasteiger partial charge is 0.163 e. The molecule has 0 aromatic carbocycles. The highest BCUT2D eigenvalue weighted by Crippen LogP contribution is 2.42. The minimum Gasteiger partial charge on any atom is -0.391 e. The van der Waals surface area contributed by atoms with Gasteiger partial charge in [0.1, 0.15) is 17.3 Å². The number of fused-ring (bicyclic) bond motifs is 2. The van der Waals surface area contributed by atoms with Crippen molar-refractivity contribution in [3.8, 4) is 0 Å². The molecule has 9 nitrogen and oxygen atoms in total. The Hall–Kier alpha value is -3.17. The number of aromatic nitrogens is 5. The molecule has 1 saturated carbocycles. The maximum Gasteiger partial charge on any atom is 0.163 e. The van der Waals surface area contributed by atoms with Crippen LogP contribution < -0.4 is 16.0 Å². The maximum atomic E-state index is 10.3. The van der Waals surface area contributed by atoms with Crippen LogP contribution in [0.5, 0.6) is 0 Å². The van der Waals surface area contributed by atoms with E-state index < -0.39 is 0 Å². The van der Waals surface area contributed by atoms with Gasteiger partial charge in [-0.1, -0.05) is 6.07 Å². The van der Waals surface area contributed by atoms with Crippen molar-refractivity contribution in [2.24, 2.45) is 5.92 Å². The number of rotatable bonds is 7. The number of nitrogens with one attached hydrogen (secondary N) is 3. The van der Waals surface area contributed by atoms with Crippen molar-refractivity contribution in [2.45, 2.75) is 44.8 Å². The number of β-amino-alcohol motifs (C(OH)–C–C–N with tert-alkyl or cyclic N) is 1. The SMILES string of the molecule is Cc1cccc2nc(CNc3cc(NC[C@H]4CCNC[C@@H]4O)nc4c(C5CC5)cnn34)cn12. The summed E-state index contributed by atoms with van der Waals surface area (Å²) in [5, 5.41) is 25.2. The molecule has 4 N–H and O–H groups in total. The lowest BCUT2D eigenvalue weighted by atomic mass is 9.95. The Morgan fingerprint density at radius 1 is 1.18 bits per heavy atom. The molecule has 0 spiro atoms. The van der Waals surface area contributed by atoms with Crippen molar-refractivity contribution in [2.75, 3.05) is 30.3 Å². The molecule has 1 aliphatic heterocycles. The van der Waals surface area contributed by atoms with Gasteiger partial charge in [0, 0.05) is 42.5 Å². The summed E-state index contributed by atoms with van der Waals surface area (Å²) in [4.78, 5) is 9.65. The molecule has 172 valence electrons. The summed E-state index contributed by atoms with van der Waals surface area (Å²) in [6, 6.07) is 8.14. The predicted octanol–water partition coefficient (Wildman–Crippen LogP) is 2.56. The second kappa shape index (κ2) is 8.31. The zero-order valence-electron chi connectivity index (χ0n) is 18.8. The number of nitrogens with zero attached hydrogens (tertiary/aromatic N) is 5. The zero-order valence-corrected chi connectivity index (χ0v) is 18.8. The van der Waals surface area contributed by atoms with Gasteiger partial charge < -0.3 is 25.5 Å². The fourth-order valence-electron chi connectivity index (χ4n) is 4.71. The number of aliphatic hydroxyl groups excluding tert-OH is 1. The fourth-order valence-corrected chi connectivity index (χ4v) is 4.71. The zero-order chi connectivity index (χ0) is 22.4. The van der Waals surface area contributed by atoms with Gasteiger partial charge in [-0.2, -0.15) is 9.61 Å². The Labute approximate surface area is 192 Å². The molecular weight excluding hydrogens is 416 g/mol. The van der Waals surface area contributed by atoms with Crippen molar-refractivity contribution >= 4 is 22.9 Å². The Kier molecular flexibility index (Phi) is 5.15. The van der Waals surface area contributed by atoms with Crippen LogP contribution in [0, 0.1) is 12.8 Å². The third-order valence-electron chi connectivity index (χ3n) is 6.85. The van der Waals surface area contributed by atoms with Gasteiger partial charge in [0.05, 0.1) is 24.5 Å². The average molecular weight is 447 g/mol. The quantitative estimate of drug-likeness (QED) is 0.346. The predicted molar refractivity (Wildman–Crippen MR) is 128 cm³/mol. The minimum absolute atomic E-state index is 0.217. The van der Waals surface area contributed by atoms with E-state index in [9.17, 15) is 5.11 Å². The van der Waals surface area contributed by atoms with E-state index in [4.69, 9.17) is 9.97 Å². The van der Waals surface area contributed by atoms with E-state index in [1.807, 2.05) is 28.9 Å². The summed E-state index contributed by atoms with van der Waals surface area (Å²) < 4.78 is 4.01. The Morgan fingerprint density at radius 2 is 2.09 bits per heavy atom. The van der Waals surface area contributed by atoms with Crippen LogP contribution in [0.1, 0.15) is 42.1 Å². The molecule has 2 aliphatic rings. The van der Waals surface area contributed by atoms with Crippen LogP contribution >= 0.6 is 0 Å². The van der Waals surface area contributed by atoms with E-state index in [0.717, 1.165) is 47.3 Å². The second-order valence-electron chi connectivity index (χ2n) is 9.32. The van der Waals surface area contributed by atoms with Crippen LogP contribution in [0.25, 0.3) is 11.3 Å². The van der Waals surface area contributed by atoms with Crippen LogP contribution in [0.4, 0.5) is 11.6 Å². The molecule has 0 radical (unpaired) electrons. The van der Waals surface area contributed by atoms with Crippen LogP contribution in [-0.4, -0.2) is 54.8 Å². The molecule has 2 atom stereocenters. The molecule has 6 rings (SSSR count). The highest BCUT2D eigenvalue weighted by atomic mass is 16.3. The van der Waals surface area contributed by atoms with Gasteiger partial charge in [0.25, 0.3) is 0 Å². The minimum atomic E-state index is -0.330. The number of aryl methyl sites for hydroxylation is 1. The molecule has 0 unspecified atom stereocenters.